The fourth-order valence-electron chi connectivity index (χ4n) is 3.08. The second kappa shape index (κ2) is 10.1. The van der Waals surface area contributed by atoms with Gasteiger partial charge in [-0.25, -0.2) is 0 Å². The zero-order valence-corrected chi connectivity index (χ0v) is 18.2. The molecule has 0 aliphatic carbocycles. The molecule has 0 aromatic heterocycles. The predicted octanol–water partition coefficient (Wildman–Crippen LogP) is 4.45. The Kier molecular flexibility index (Phi) is 6.81. The smallest absolute Gasteiger partial charge is 0.255 e. The molecule has 1 aliphatic rings. The summed E-state index contributed by atoms with van der Waals surface area (Å²) in [7, 11) is 1.58. The number of rotatable bonds is 7. The Hall–Kier alpha value is -3.65. The molecule has 2 N–H and O–H groups in total. The van der Waals surface area contributed by atoms with Crippen molar-refractivity contribution >= 4 is 35.0 Å². The molecule has 0 spiro atoms. The molecule has 0 radical (unpaired) electrons. The van der Waals surface area contributed by atoms with Gasteiger partial charge in [0, 0.05) is 27.9 Å². The molecule has 8 heteroatoms. The number of ether oxygens (including phenoxy) is 3. The number of benzene rings is 3. The van der Waals surface area contributed by atoms with Crippen LogP contribution < -0.4 is 24.8 Å². The topological polar surface area (TPSA) is 85.9 Å². The third kappa shape index (κ3) is 5.53. The molecule has 0 atom stereocenters. The zero-order chi connectivity index (χ0) is 22.3. The van der Waals surface area contributed by atoms with Crippen molar-refractivity contribution in [3.05, 3.63) is 72.3 Å². The second-order valence-corrected chi connectivity index (χ2v) is 7.95. The molecule has 0 fully saturated rings. The van der Waals surface area contributed by atoms with E-state index in [9.17, 15) is 9.59 Å². The number of thioether (sulfide) groups is 1. The van der Waals surface area contributed by atoms with E-state index in [1.54, 1.807) is 55.6 Å². The number of carbonyl (C=O) groups excluding carboxylic acids is 2. The van der Waals surface area contributed by atoms with E-state index < -0.39 is 0 Å². The van der Waals surface area contributed by atoms with Crippen molar-refractivity contribution in [2.24, 2.45) is 0 Å². The van der Waals surface area contributed by atoms with E-state index in [1.807, 2.05) is 18.2 Å². The van der Waals surface area contributed by atoms with Gasteiger partial charge in [-0.2, -0.15) is 0 Å². The number of carbonyl (C=O) groups is 2. The van der Waals surface area contributed by atoms with Gasteiger partial charge in [0.15, 0.2) is 11.5 Å². The highest BCUT2D eigenvalue weighted by molar-refractivity contribution is 8.00. The normalized spacial score (nSPS) is 12.0. The Morgan fingerprint density at radius 3 is 2.44 bits per heavy atom. The highest BCUT2D eigenvalue weighted by Crippen LogP contribution is 2.32. The van der Waals surface area contributed by atoms with Gasteiger partial charge in [0.1, 0.15) is 19.0 Å². The van der Waals surface area contributed by atoms with Crippen molar-refractivity contribution in [3.8, 4) is 17.2 Å². The summed E-state index contributed by atoms with van der Waals surface area (Å²) in [5.74, 6) is 1.86. The molecule has 4 rings (SSSR count). The summed E-state index contributed by atoms with van der Waals surface area (Å²) in [5, 5.41) is 5.74. The van der Waals surface area contributed by atoms with E-state index in [-0.39, 0.29) is 17.6 Å². The van der Waals surface area contributed by atoms with Crippen LogP contribution in [0.5, 0.6) is 17.2 Å². The second-order valence-electron chi connectivity index (χ2n) is 6.91. The lowest BCUT2D eigenvalue weighted by atomic mass is 10.2. The molecule has 0 saturated heterocycles. The largest absolute Gasteiger partial charge is 0.497 e. The fraction of sp³-hybridized carbons (Fsp3) is 0.167. The van der Waals surface area contributed by atoms with Crippen LogP contribution in [0.15, 0.2) is 71.6 Å². The minimum absolute atomic E-state index is 0.139. The van der Waals surface area contributed by atoms with Crippen LogP contribution in [0.1, 0.15) is 10.4 Å². The number of hydrogen-bond acceptors (Lipinski definition) is 6. The molecule has 2 amide bonds. The van der Waals surface area contributed by atoms with Gasteiger partial charge in [-0.15, -0.1) is 11.8 Å². The summed E-state index contributed by atoms with van der Waals surface area (Å²) in [6.45, 7) is 1.01. The summed E-state index contributed by atoms with van der Waals surface area (Å²) < 4.78 is 16.1. The lowest BCUT2D eigenvalue weighted by molar-refractivity contribution is -0.113. The molecule has 0 bridgehead atoms. The van der Waals surface area contributed by atoms with E-state index in [0.717, 1.165) is 4.90 Å². The number of anilines is 2. The third-order valence-corrected chi connectivity index (χ3v) is 5.63. The highest BCUT2D eigenvalue weighted by Gasteiger charge is 2.13. The zero-order valence-electron chi connectivity index (χ0n) is 17.4. The number of nitrogens with one attached hydrogen (secondary N) is 2. The molecule has 0 unspecified atom stereocenters. The Balaban J connectivity index is 1.31. The molecule has 1 heterocycles. The van der Waals surface area contributed by atoms with Crippen LogP contribution in [-0.4, -0.2) is 37.9 Å². The van der Waals surface area contributed by atoms with E-state index in [0.29, 0.717) is 47.4 Å². The summed E-state index contributed by atoms with van der Waals surface area (Å²) in [4.78, 5) is 25.7. The Labute approximate surface area is 190 Å². The third-order valence-electron chi connectivity index (χ3n) is 4.64. The number of fused-ring (bicyclic) bond motifs is 1. The van der Waals surface area contributed by atoms with E-state index >= 15 is 0 Å². The first-order valence-corrected chi connectivity index (χ1v) is 11.0. The van der Waals surface area contributed by atoms with Crippen LogP contribution in [0, 0.1) is 0 Å². The van der Waals surface area contributed by atoms with Gasteiger partial charge in [0.25, 0.3) is 5.91 Å². The monoisotopic (exact) mass is 450 g/mol. The number of methoxy groups -OCH3 is 1. The summed E-state index contributed by atoms with van der Waals surface area (Å²) in [6, 6.07) is 19.6. The standard InChI is InChI=1S/C24H22N2O5S/c1-29-19-8-5-16(6-9-19)24(28)26-17-3-2-4-20(13-17)32-15-23(27)25-18-7-10-21-22(14-18)31-12-11-30-21/h2-10,13-14H,11-12,15H2,1H3,(H,25,27)(H,26,28). The van der Waals surface area contributed by atoms with Gasteiger partial charge >= 0.3 is 0 Å². The van der Waals surface area contributed by atoms with Crippen molar-refractivity contribution in [2.75, 3.05) is 36.7 Å². The predicted molar refractivity (Wildman–Crippen MR) is 124 cm³/mol. The van der Waals surface area contributed by atoms with Crippen LogP contribution >= 0.6 is 11.8 Å². The van der Waals surface area contributed by atoms with Gasteiger partial charge in [-0.05, 0) is 54.6 Å². The average molecular weight is 451 g/mol. The minimum atomic E-state index is -0.217. The van der Waals surface area contributed by atoms with Crippen LogP contribution in [0.3, 0.4) is 0 Å². The lowest BCUT2D eigenvalue weighted by Gasteiger charge is -2.19. The van der Waals surface area contributed by atoms with Crippen LogP contribution in [0.25, 0.3) is 0 Å². The molecule has 3 aromatic carbocycles. The van der Waals surface area contributed by atoms with Crippen molar-refractivity contribution in [3.63, 3.8) is 0 Å². The lowest BCUT2D eigenvalue weighted by Crippen LogP contribution is -2.17. The fourth-order valence-corrected chi connectivity index (χ4v) is 3.83. The molecule has 32 heavy (non-hydrogen) atoms. The summed E-state index contributed by atoms with van der Waals surface area (Å²) in [6.07, 6.45) is 0. The van der Waals surface area contributed by atoms with Crippen molar-refractivity contribution in [1.29, 1.82) is 0 Å². The van der Waals surface area contributed by atoms with Gasteiger partial charge in [-0.3, -0.25) is 9.59 Å². The SMILES string of the molecule is COc1ccc(C(=O)Nc2cccc(SCC(=O)Nc3ccc4c(c3)OCCO4)c2)cc1. The van der Waals surface area contributed by atoms with Crippen molar-refractivity contribution in [1.82, 2.24) is 0 Å². The maximum Gasteiger partial charge on any atom is 0.255 e. The van der Waals surface area contributed by atoms with Crippen LogP contribution in [-0.2, 0) is 4.79 Å². The van der Waals surface area contributed by atoms with Crippen molar-refractivity contribution < 1.29 is 23.8 Å². The van der Waals surface area contributed by atoms with Gasteiger partial charge in [0.05, 0.1) is 12.9 Å². The first-order chi connectivity index (χ1) is 15.6. The minimum Gasteiger partial charge on any atom is -0.497 e. The van der Waals surface area contributed by atoms with Crippen molar-refractivity contribution in [2.45, 2.75) is 4.90 Å². The maximum absolute atomic E-state index is 12.5. The quantitative estimate of drug-likeness (QED) is 0.518. The summed E-state index contributed by atoms with van der Waals surface area (Å²) in [5.41, 5.74) is 1.84. The molecule has 1 aliphatic heterocycles. The molecular formula is C24H22N2O5S. The maximum atomic E-state index is 12.5. The highest BCUT2D eigenvalue weighted by atomic mass is 32.2. The number of hydrogen-bond donors (Lipinski definition) is 2. The van der Waals surface area contributed by atoms with E-state index in [1.165, 1.54) is 11.8 Å². The molecule has 3 aromatic rings. The Morgan fingerprint density at radius 2 is 1.66 bits per heavy atom. The van der Waals surface area contributed by atoms with Gasteiger partial charge in [-0.1, -0.05) is 6.07 Å². The Bertz CT molecular complexity index is 1120. The van der Waals surface area contributed by atoms with E-state index in [4.69, 9.17) is 14.2 Å². The van der Waals surface area contributed by atoms with Gasteiger partial charge in [0.2, 0.25) is 5.91 Å². The molecular weight excluding hydrogens is 428 g/mol. The molecule has 0 saturated carbocycles. The summed E-state index contributed by atoms with van der Waals surface area (Å²) >= 11 is 1.38. The van der Waals surface area contributed by atoms with Crippen LogP contribution in [0.4, 0.5) is 11.4 Å². The first-order valence-electron chi connectivity index (χ1n) is 9.98. The molecule has 164 valence electrons. The van der Waals surface area contributed by atoms with Crippen LogP contribution in [0.2, 0.25) is 0 Å². The Morgan fingerprint density at radius 1 is 0.906 bits per heavy atom. The average Bonchev–Trinajstić information content (AvgIpc) is 2.83. The number of amides is 2. The first kappa shape index (κ1) is 21.6. The van der Waals surface area contributed by atoms with E-state index in [2.05, 4.69) is 10.6 Å². The van der Waals surface area contributed by atoms with Gasteiger partial charge < -0.3 is 24.8 Å². The molecule has 7 nitrogen and oxygen atoms in total.